The van der Waals surface area contributed by atoms with Gasteiger partial charge in [0.25, 0.3) is 0 Å². The standard InChI is InChI=1S/C9H7FO3/c10-6-2-1-5-3-4-13-8(5)7(6)9(11)12/h2-5H,1H2,(H,11,12). The fourth-order valence-corrected chi connectivity index (χ4v) is 1.47. The second-order valence-corrected chi connectivity index (χ2v) is 2.89. The van der Waals surface area contributed by atoms with Crippen LogP contribution in [0.3, 0.4) is 0 Å². The van der Waals surface area contributed by atoms with Crippen molar-refractivity contribution in [2.75, 3.05) is 0 Å². The minimum atomic E-state index is -1.28. The predicted molar refractivity (Wildman–Crippen MR) is 42.2 cm³/mol. The summed E-state index contributed by atoms with van der Waals surface area (Å²) in [6.07, 6.45) is 4.86. The molecule has 0 aromatic carbocycles. The maximum Gasteiger partial charge on any atom is 0.342 e. The normalized spacial score (nSPS) is 25.3. The highest BCUT2D eigenvalue weighted by molar-refractivity contribution is 5.92. The Morgan fingerprint density at radius 2 is 2.46 bits per heavy atom. The first-order valence-corrected chi connectivity index (χ1v) is 3.87. The maximum absolute atomic E-state index is 13.1. The summed E-state index contributed by atoms with van der Waals surface area (Å²) in [5.74, 6) is -1.88. The minimum Gasteiger partial charge on any atom is -0.477 e. The third kappa shape index (κ3) is 1.14. The van der Waals surface area contributed by atoms with Gasteiger partial charge in [-0.05, 0) is 18.6 Å². The molecule has 0 aromatic rings. The molecule has 1 aliphatic carbocycles. The lowest BCUT2D eigenvalue weighted by atomic mass is 9.94. The van der Waals surface area contributed by atoms with Gasteiger partial charge in [0.2, 0.25) is 0 Å². The average molecular weight is 182 g/mol. The molecule has 0 fully saturated rings. The number of halogens is 1. The molecular weight excluding hydrogens is 175 g/mol. The van der Waals surface area contributed by atoms with Gasteiger partial charge < -0.3 is 9.84 Å². The van der Waals surface area contributed by atoms with Crippen molar-refractivity contribution in [3.63, 3.8) is 0 Å². The molecule has 1 heterocycles. The van der Waals surface area contributed by atoms with Crippen LogP contribution in [-0.2, 0) is 9.53 Å². The number of ether oxygens (including phenoxy) is 1. The van der Waals surface area contributed by atoms with Crippen LogP contribution in [0.1, 0.15) is 6.42 Å². The van der Waals surface area contributed by atoms with Crippen molar-refractivity contribution in [1.82, 2.24) is 0 Å². The van der Waals surface area contributed by atoms with E-state index in [2.05, 4.69) is 0 Å². The van der Waals surface area contributed by atoms with Crippen LogP contribution in [-0.4, -0.2) is 11.1 Å². The first-order valence-electron chi connectivity index (χ1n) is 3.87. The monoisotopic (exact) mass is 182 g/mol. The number of hydrogen-bond acceptors (Lipinski definition) is 2. The molecule has 68 valence electrons. The highest BCUT2D eigenvalue weighted by atomic mass is 19.1. The molecule has 4 heteroatoms. The van der Waals surface area contributed by atoms with Crippen LogP contribution in [0.25, 0.3) is 0 Å². The van der Waals surface area contributed by atoms with Gasteiger partial charge in [0.05, 0.1) is 6.26 Å². The van der Waals surface area contributed by atoms with Gasteiger partial charge in [-0.1, -0.05) is 0 Å². The lowest BCUT2D eigenvalue weighted by Gasteiger charge is -2.15. The van der Waals surface area contributed by atoms with Crippen molar-refractivity contribution in [1.29, 1.82) is 0 Å². The number of carbonyl (C=O) groups is 1. The van der Waals surface area contributed by atoms with Crippen molar-refractivity contribution in [3.8, 4) is 0 Å². The number of aliphatic carboxylic acids is 1. The van der Waals surface area contributed by atoms with E-state index in [0.717, 1.165) is 0 Å². The Morgan fingerprint density at radius 1 is 1.69 bits per heavy atom. The Kier molecular flexibility index (Phi) is 1.69. The minimum absolute atomic E-state index is 0.106. The SMILES string of the molecule is O=C(O)C1=C2OC=CC2CC=C1F. The number of rotatable bonds is 1. The Morgan fingerprint density at radius 3 is 3.15 bits per heavy atom. The predicted octanol–water partition coefficient (Wildman–Crippen LogP) is 1.74. The molecule has 1 atom stereocenters. The zero-order chi connectivity index (χ0) is 9.42. The van der Waals surface area contributed by atoms with Crippen molar-refractivity contribution in [3.05, 3.63) is 35.6 Å². The molecule has 1 aliphatic heterocycles. The highest BCUT2D eigenvalue weighted by Gasteiger charge is 2.31. The van der Waals surface area contributed by atoms with E-state index >= 15 is 0 Å². The second-order valence-electron chi connectivity index (χ2n) is 2.89. The first-order chi connectivity index (χ1) is 6.20. The Balaban J connectivity index is 2.47. The molecular formula is C9H7FO3. The fourth-order valence-electron chi connectivity index (χ4n) is 1.47. The van der Waals surface area contributed by atoms with Crippen LogP contribution in [0.2, 0.25) is 0 Å². The van der Waals surface area contributed by atoms with E-state index in [-0.39, 0.29) is 17.3 Å². The Hall–Kier alpha value is -1.58. The third-order valence-corrected chi connectivity index (χ3v) is 2.09. The van der Waals surface area contributed by atoms with E-state index in [0.29, 0.717) is 6.42 Å². The van der Waals surface area contributed by atoms with Crippen LogP contribution in [0.15, 0.2) is 35.6 Å². The molecule has 0 amide bonds. The van der Waals surface area contributed by atoms with E-state index in [1.165, 1.54) is 12.3 Å². The van der Waals surface area contributed by atoms with Gasteiger partial charge in [0, 0.05) is 5.92 Å². The molecule has 3 nitrogen and oxygen atoms in total. The molecule has 0 bridgehead atoms. The van der Waals surface area contributed by atoms with Gasteiger partial charge in [-0.2, -0.15) is 0 Å². The van der Waals surface area contributed by atoms with Crippen LogP contribution in [0.4, 0.5) is 4.39 Å². The van der Waals surface area contributed by atoms with E-state index in [1.807, 2.05) is 0 Å². The van der Waals surface area contributed by atoms with Crippen LogP contribution in [0.5, 0.6) is 0 Å². The maximum atomic E-state index is 13.1. The van der Waals surface area contributed by atoms with E-state index in [9.17, 15) is 9.18 Å². The van der Waals surface area contributed by atoms with Crippen molar-refractivity contribution in [2.45, 2.75) is 6.42 Å². The summed E-state index contributed by atoms with van der Waals surface area (Å²) >= 11 is 0. The molecule has 0 saturated heterocycles. The first kappa shape index (κ1) is 8.04. The number of allylic oxidation sites excluding steroid dienone is 2. The number of hydrogen-bond donors (Lipinski definition) is 1. The van der Waals surface area contributed by atoms with E-state index in [4.69, 9.17) is 9.84 Å². The molecule has 0 saturated carbocycles. The Bertz CT molecular complexity index is 352. The Labute approximate surface area is 73.8 Å². The zero-order valence-electron chi connectivity index (χ0n) is 6.66. The summed E-state index contributed by atoms with van der Waals surface area (Å²) in [5, 5.41) is 8.71. The van der Waals surface area contributed by atoms with E-state index in [1.54, 1.807) is 6.08 Å². The van der Waals surface area contributed by atoms with Crippen molar-refractivity contribution < 1.29 is 19.0 Å². The molecule has 2 aliphatic rings. The quantitative estimate of drug-likeness (QED) is 0.671. The molecule has 0 radical (unpaired) electrons. The van der Waals surface area contributed by atoms with Gasteiger partial charge in [-0.25, -0.2) is 9.18 Å². The summed E-state index contributed by atoms with van der Waals surface area (Å²) in [5.41, 5.74) is -0.346. The largest absolute Gasteiger partial charge is 0.477 e. The molecule has 1 unspecified atom stereocenters. The van der Waals surface area contributed by atoms with Crippen molar-refractivity contribution >= 4 is 5.97 Å². The number of carboxylic acids is 1. The van der Waals surface area contributed by atoms with Gasteiger partial charge in [0.15, 0.2) is 0 Å². The molecule has 1 N–H and O–H groups in total. The molecule has 13 heavy (non-hydrogen) atoms. The number of carboxylic acid groups (broad SMARTS) is 1. The molecule has 2 rings (SSSR count). The van der Waals surface area contributed by atoms with Crippen LogP contribution in [0, 0.1) is 5.92 Å². The van der Waals surface area contributed by atoms with Crippen molar-refractivity contribution in [2.24, 2.45) is 5.92 Å². The highest BCUT2D eigenvalue weighted by Crippen LogP contribution is 2.35. The molecule has 0 aromatic heterocycles. The lowest BCUT2D eigenvalue weighted by molar-refractivity contribution is -0.132. The summed E-state index contributed by atoms with van der Waals surface area (Å²) in [4.78, 5) is 10.7. The summed E-state index contributed by atoms with van der Waals surface area (Å²) in [7, 11) is 0. The van der Waals surface area contributed by atoms with Crippen LogP contribution >= 0.6 is 0 Å². The van der Waals surface area contributed by atoms with Gasteiger partial charge >= 0.3 is 5.97 Å². The fraction of sp³-hybridized carbons (Fsp3) is 0.222. The summed E-state index contributed by atoms with van der Waals surface area (Å²) < 4.78 is 18.0. The number of fused-ring (bicyclic) bond motifs is 1. The second kappa shape index (κ2) is 2.73. The smallest absolute Gasteiger partial charge is 0.342 e. The van der Waals surface area contributed by atoms with Crippen LogP contribution < -0.4 is 0 Å². The van der Waals surface area contributed by atoms with Gasteiger partial charge in [0.1, 0.15) is 17.2 Å². The van der Waals surface area contributed by atoms with Gasteiger partial charge in [-0.3, -0.25) is 0 Å². The van der Waals surface area contributed by atoms with E-state index < -0.39 is 11.8 Å². The summed E-state index contributed by atoms with van der Waals surface area (Å²) in [6.45, 7) is 0. The average Bonchev–Trinajstić information content (AvgIpc) is 2.50. The zero-order valence-corrected chi connectivity index (χ0v) is 6.66. The van der Waals surface area contributed by atoms with Gasteiger partial charge in [-0.15, -0.1) is 0 Å². The summed E-state index contributed by atoms with van der Waals surface area (Å²) in [6, 6.07) is 0. The lowest BCUT2D eigenvalue weighted by Crippen LogP contribution is -2.13. The molecule has 0 spiro atoms. The topological polar surface area (TPSA) is 46.5 Å². The third-order valence-electron chi connectivity index (χ3n) is 2.09.